The third kappa shape index (κ3) is 5.20. The van der Waals surface area contributed by atoms with Gasteiger partial charge in [0.1, 0.15) is 0 Å². The lowest BCUT2D eigenvalue weighted by molar-refractivity contribution is -0.116. The van der Waals surface area contributed by atoms with Crippen LogP contribution in [-0.2, 0) is 21.2 Å². The summed E-state index contributed by atoms with van der Waals surface area (Å²) in [5, 5.41) is 3.61. The number of carbonyl (C=O) groups is 1. The molecule has 3 rings (SSSR count). The molecular formula is C18H18Cl2N2O3S. The Morgan fingerprint density at radius 1 is 1.08 bits per heavy atom. The van der Waals surface area contributed by atoms with E-state index >= 15 is 0 Å². The number of sulfonamides is 1. The number of benzene rings is 2. The molecule has 2 aromatic carbocycles. The van der Waals surface area contributed by atoms with Crippen LogP contribution in [-0.4, -0.2) is 20.4 Å². The number of hydrogen-bond donors (Lipinski definition) is 2. The van der Waals surface area contributed by atoms with Crippen molar-refractivity contribution in [3.63, 3.8) is 0 Å². The van der Waals surface area contributed by atoms with Crippen LogP contribution in [0.2, 0.25) is 10.0 Å². The van der Waals surface area contributed by atoms with E-state index in [-0.39, 0.29) is 23.3 Å². The topological polar surface area (TPSA) is 75.3 Å². The molecule has 1 saturated carbocycles. The van der Waals surface area contributed by atoms with E-state index in [0.29, 0.717) is 22.2 Å². The van der Waals surface area contributed by atoms with Crippen molar-refractivity contribution in [3.8, 4) is 0 Å². The molecule has 2 aromatic rings. The summed E-state index contributed by atoms with van der Waals surface area (Å²) in [4.78, 5) is 12.3. The maximum Gasteiger partial charge on any atom is 0.240 e. The Bertz CT molecular complexity index is 911. The molecule has 0 saturated heterocycles. The van der Waals surface area contributed by atoms with Crippen LogP contribution >= 0.6 is 23.2 Å². The smallest absolute Gasteiger partial charge is 0.240 e. The second-order valence-corrected chi connectivity index (χ2v) is 8.77. The first kappa shape index (κ1) is 19.2. The van der Waals surface area contributed by atoms with Gasteiger partial charge in [-0.15, -0.1) is 0 Å². The van der Waals surface area contributed by atoms with E-state index in [9.17, 15) is 13.2 Å². The zero-order valence-corrected chi connectivity index (χ0v) is 16.2. The van der Waals surface area contributed by atoms with Gasteiger partial charge in [-0.3, -0.25) is 4.79 Å². The highest BCUT2D eigenvalue weighted by atomic mass is 35.5. The van der Waals surface area contributed by atoms with Crippen LogP contribution in [0.4, 0.5) is 5.69 Å². The molecule has 0 unspecified atom stereocenters. The average molecular weight is 413 g/mol. The number of carbonyl (C=O) groups excluding carboxylic acids is 1. The summed E-state index contributed by atoms with van der Waals surface area (Å²) in [5.74, 6) is -0.179. The van der Waals surface area contributed by atoms with Crippen LogP contribution in [0.15, 0.2) is 47.4 Å². The number of aryl methyl sites for hydroxylation is 1. The number of rotatable bonds is 7. The van der Waals surface area contributed by atoms with Gasteiger partial charge in [0.2, 0.25) is 15.9 Å². The fraction of sp³-hybridized carbons (Fsp3) is 0.278. The highest BCUT2D eigenvalue weighted by Gasteiger charge is 2.27. The van der Waals surface area contributed by atoms with Crippen molar-refractivity contribution in [2.75, 3.05) is 5.32 Å². The van der Waals surface area contributed by atoms with Gasteiger partial charge in [0.25, 0.3) is 0 Å². The van der Waals surface area contributed by atoms with Crippen molar-refractivity contribution >= 4 is 44.8 Å². The van der Waals surface area contributed by atoms with E-state index in [1.807, 2.05) is 0 Å². The molecular weight excluding hydrogens is 395 g/mol. The molecule has 5 nitrogen and oxygen atoms in total. The predicted molar refractivity (Wildman–Crippen MR) is 103 cm³/mol. The first-order valence-electron chi connectivity index (χ1n) is 8.20. The van der Waals surface area contributed by atoms with Gasteiger partial charge in [0, 0.05) is 17.5 Å². The summed E-state index contributed by atoms with van der Waals surface area (Å²) in [6, 6.07) is 11.5. The molecule has 138 valence electrons. The minimum Gasteiger partial charge on any atom is -0.325 e. The number of halogens is 2. The van der Waals surface area contributed by atoms with Gasteiger partial charge in [0.05, 0.1) is 15.6 Å². The second-order valence-electron chi connectivity index (χ2n) is 6.21. The van der Waals surface area contributed by atoms with Crippen LogP contribution in [0.3, 0.4) is 0 Å². The molecule has 0 aromatic heterocycles. The van der Waals surface area contributed by atoms with Gasteiger partial charge >= 0.3 is 0 Å². The molecule has 0 bridgehead atoms. The first-order valence-corrected chi connectivity index (χ1v) is 10.4. The van der Waals surface area contributed by atoms with E-state index in [1.54, 1.807) is 42.5 Å². The molecule has 0 spiro atoms. The second kappa shape index (κ2) is 7.96. The third-order valence-corrected chi connectivity index (χ3v) is 6.06. The standard InChI is InChI=1S/C18H18Cl2N2O3S/c19-13-4-9-17(16(20)11-13)21-18(23)10-3-12-1-7-15(8-2-12)26(24,25)22-14-5-6-14/h1-2,4,7-9,11,14,22H,3,5-6,10H2,(H,21,23). The van der Waals surface area contributed by atoms with Gasteiger partial charge in [-0.25, -0.2) is 13.1 Å². The largest absolute Gasteiger partial charge is 0.325 e. The average Bonchev–Trinajstić information content (AvgIpc) is 3.39. The molecule has 0 heterocycles. The Hall–Kier alpha value is -1.60. The zero-order valence-electron chi connectivity index (χ0n) is 13.8. The van der Waals surface area contributed by atoms with E-state index < -0.39 is 10.0 Å². The van der Waals surface area contributed by atoms with Crippen molar-refractivity contribution in [1.29, 1.82) is 0 Å². The van der Waals surface area contributed by atoms with Gasteiger partial charge in [-0.05, 0) is 55.2 Å². The Morgan fingerprint density at radius 2 is 1.77 bits per heavy atom. The van der Waals surface area contributed by atoms with Crippen molar-refractivity contribution in [3.05, 3.63) is 58.1 Å². The molecule has 1 amide bonds. The molecule has 0 atom stereocenters. The molecule has 8 heteroatoms. The molecule has 26 heavy (non-hydrogen) atoms. The van der Waals surface area contributed by atoms with E-state index in [0.717, 1.165) is 18.4 Å². The van der Waals surface area contributed by atoms with Crippen molar-refractivity contribution in [1.82, 2.24) is 4.72 Å². The summed E-state index contributed by atoms with van der Waals surface area (Å²) >= 11 is 11.9. The zero-order chi connectivity index (χ0) is 18.7. The Kier molecular flexibility index (Phi) is 5.87. The Balaban J connectivity index is 1.55. The summed E-state index contributed by atoms with van der Waals surface area (Å²) < 4.78 is 26.9. The molecule has 0 radical (unpaired) electrons. The summed E-state index contributed by atoms with van der Waals surface area (Å²) in [6.45, 7) is 0. The minimum atomic E-state index is -3.45. The van der Waals surface area contributed by atoms with Crippen LogP contribution in [0.25, 0.3) is 0 Å². The molecule has 1 aliphatic carbocycles. The summed E-state index contributed by atoms with van der Waals surface area (Å²) in [6.07, 6.45) is 2.53. The number of anilines is 1. The number of nitrogens with one attached hydrogen (secondary N) is 2. The van der Waals surface area contributed by atoms with Gasteiger partial charge < -0.3 is 5.32 Å². The summed E-state index contributed by atoms with van der Waals surface area (Å²) in [7, 11) is -3.45. The van der Waals surface area contributed by atoms with E-state index in [4.69, 9.17) is 23.2 Å². The monoisotopic (exact) mass is 412 g/mol. The van der Waals surface area contributed by atoms with Crippen molar-refractivity contribution in [2.45, 2.75) is 36.6 Å². The normalized spacial score (nSPS) is 14.2. The Morgan fingerprint density at radius 3 is 2.38 bits per heavy atom. The fourth-order valence-electron chi connectivity index (χ4n) is 2.39. The first-order chi connectivity index (χ1) is 12.3. The van der Waals surface area contributed by atoms with E-state index in [1.165, 1.54) is 0 Å². The van der Waals surface area contributed by atoms with Crippen molar-refractivity contribution in [2.24, 2.45) is 0 Å². The minimum absolute atomic E-state index is 0.0723. The third-order valence-electron chi connectivity index (χ3n) is 3.98. The van der Waals surface area contributed by atoms with Crippen LogP contribution in [0, 0.1) is 0 Å². The van der Waals surface area contributed by atoms with Crippen molar-refractivity contribution < 1.29 is 13.2 Å². The SMILES string of the molecule is O=C(CCc1ccc(S(=O)(=O)NC2CC2)cc1)Nc1ccc(Cl)cc1Cl. The Labute approximate surface area is 162 Å². The van der Waals surface area contributed by atoms with Gasteiger partial charge in [-0.2, -0.15) is 0 Å². The van der Waals surface area contributed by atoms with E-state index in [2.05, 4.69) is 10.0 Å². The van der Waals surface area contributed by atoms with Crippen LogP contribution in [0.1, 0.15) is 24.8 Å². The van der Waals surface area contributed by atoms with Gasteiger partial charge in [0.15, 0.2) is 0 Å². The van der Waals surface area contributed by atoms with Crippen LogP contribution in [0.5, 0.6) is 0 Å². The molecule has 0 aliphatic heterocycles. The van der Waals surface area contributed by atoms with Gasteiger partial charge in [-0.1, -0.05) is 35.3 Å². The predicted octanol–water partition coefficient (Wildman–Crippen LogP) is 4.01. The molecule has 2 N–H and O–H groups in total. The molecule has 1 fully saturated rings. The lowest BCUT2D eigenvalue weighted by Gasteiger charge is -2.08. The maximum absolute atomic E-state index is 12.1. The lowest BCUT2D eigenvalue weighted by Crippen LogP contribution is -2.25. The quantitative estimate of drug-likeness (QED) is 0.721. The highest BCUT2D eigenvalue weighted by Crippen LogP contribution is 2.25. The number of amides is 1. The molecule has 1 aliphatic rings. The maximum atomic E-state index is 12.1. The highest BCUT2D eigenvalue weighted by molar-refractivity contribution is 7.89. The fourth-order valence-corrected chi connectivity index (χ4v) is 4.15. The summed E-state index contributed by atoms with van der Waals surface area (Å²) in [5.41, 5.74) is 1.39. The van der Waals surface area contributed by atoms with Crippen LogP contribution < -0.4 is 10.0 Å². The number of hydrogen-bond acceptors (Lipinski definition) is 3. The lowest BCUT2D eigenvalue weighted by atomic mass is 10.1.